The molecule has 1 fully saturated rings. The number of nitrogens with zero attached hydrogens (tertiary/aromatic N) is 1. The molecule has 1 heterocycles. The molecule has 1 aliphatic rings. The minimum Gasteiger partial charge on any atom is -0.221 e. The first kappa shape index (κ1) is 9.40. The van der Waals surface area contributed by atoms with E-state index in [0.717, 1.165) is 6.92 Å². The van der Waals surface area contributed by atoms with Gasteiger partial charge in [0.1, 0.15) is 6.07 Å². The third kappa shape index (κ3) is 1.18. The Balaban J connectivity index is 3.35. The second kappa shape index (κ2) is 2.17. The number of nitriles is 1. The van der Waals surface area contributed by atoms with Crippen LogP contribution in [0.1, 0.15) is 6.92 Å². The SMILES string of the molecule is CC1(C#N)OS(=N)(=O)S(=O)(=O)O1. The first-order valence-electron chi connectivity index (χ1n) is 2.59. The normalized spacial score (nSPS) is 45.3. The molecule has 0 saturated carbocycles. The lowest BCUT2D eigenvalue weighted by Crippen LogP contribution is -2.22. The molecule has 1 saturated heterocycles. The number of rotatable bonds is 0. The standard InChI is InChI=1S/C3H4N2O5S2/c1-3(2-4)9-11(5,6)12(7,8)10-3/h5H,1H3. The zero-order valence-electron chi connectivity index (χ0n) is 5.80. The van der Waals surface area contributed by atoms with Gasteiger partial charge in [0.25, 0.3) is 14.8 Å². The topological polar surface area (TPSA) is 117 Å². The molecule has 9 heteroatoms. The fraction of sp³-hybridized carbons (Fsp3) is 0.667. The molecule has 1 aliphatic heterocycles. The number of nitrogens with one attached hydrogen (secondary N) is 1. The summed E-state index contributed by atoms with van der Waals surface area (Å²) in [6.07, 6.45) is 0. The third-order valence-corrected chi connectivity index (χ3v) is 4.62. The van der Waals surface area contributed by atoms with Crippen LogP contribution in [0, 0.1) is 16.1 Å². The molecular weight excluding hydrogens is 208 g/mol. The van der Waals surface area contributed by atoms with Gasteiger partial charge in [0.15, 0.2) is 0 Å². The van der Waals surface area contributed by atoms with E-state index in [1.54, 1.807) is 0 Å². The monoisotopic (exact) mass is 212 g/mol. The van der Waals surface area contributed by atoms with E-state index < -0.39 is 24.0 Å². The van der Waals surface area contributed by atoms with Crippen LogP contribution in [0.2, 0.25) is 0 Å². The Kier molecular flexibility index (Phi) is 1.70. The van der Waals surface area contributed by atoms with Crippen molar-refractivity contribution in [1.82, 2.24) is 0 Å². The van der Waals surface area contributed by atoms with Gasteiger partial charge in [-0.2, -0.15) is 13.7 Å². The zero-order chi connectivity index (χ0) is 9.62. The fourth-order valence-electron chi connectivity index (χ4n) is 0.542. The van der Waals surface area contributed by atoms with Crippen LogP contribution in [0.25, 0.3) is 0 Å². The van der Waals surface area contributed by atoms with E-state index in [2.05, 4.69) is 8.37 Å². The molecule has 0 aromatic carbocycles. The van der Waals surface area contributed by atoms with Crippen molar-refractivity contribution in [3.8, 4) is 6.07 Å². The second-order valence-electron chi connectivity index (χ2n) is 2.09. The molecular formula is C3H4N2O5S2. The summed E-state index contributed by atoms with van der Waals surface area (Å²) >= 11 is 0. The molecule has 7 nitrogen and oxygen atoms in total. The van der Waals surface area contributed by atoms with Crippen LogP contribution in [0.15, 0.2) is 0 Å². The largest absolute Gasteiger partial charge is 0.385 e. The fourth-order valence-corrected chi connectivity index (χ4v) is 3.01. The van der Waals surface area contributed by atoms with E-state index in [4.69, 9.17) is 10.0 Å². The molecule has 2 atom stereocenters. The van der Waals surface area contributed by atoms with E-state index in [1.807, 2.05) is 0 Å². The van der Waals surface area contributed by atoms with Crippen molar-refractivity contribution < 1.29 is 21.0 Å². The first-order valence-corrected chi connectivity index (χ1v) is 5.99. The second-order valence-corrected chi connectivity index (χ2v) is 6.69. The summed E-state index contributed by atoms with van der Waals surface area (Å²) < 4.78 is 47.0. The molecule has 68 valence electrons. The molecule has 0 amide bonds. The third-order valence-electron chi connectivity index (χ3n) is 1.00. The Morgan fingerprint density at radius 2 is 1.92 bits per heavy atom. The van der Waals surface area contributed by atoms with Gasteiger partial charge in [-0.1, -0.05) is 0 Å². The van der Waals surface area contributed by atoms with Crippen LogP contribution in [-0.4, -0.2) is 18.4 Å². The highest BCUT2D eigenvalue weighted by Gasteiger charge is 2.51. The van der Waals surface area contributed by atoms with Crippen LogP contribution in [0.4, 0.5) is 0 Å². The summed E-state index contributed by atoms with van der Waals surface area (Å²) in [6, 6.07) is 1.33. The van der Waals surface area contributed by atoms with Crippen LogP contribution in [-0.2, 0) is 26.6 Å². The highest BCUT2D eigenvalue weighted by atomic mass is 33.2. The number of hydrogen-bond donors (Lipinski definition) is 1. The van der Waals surface area contributed by atoms with Crippen molar-refractivity contribution in [3.63, 3.8) is 0 Å². The van der Waals surface area contributed by atoms with Crippen molar-refractivity contribution >= 4 is 18.2 Å². The summed E-state index contributed by atoms with van der Waals surface area (Å²) in [6.45, 7) is 0.964. The van der Waals surface area contributed by atoms with E-state index in [0.29, 0.717) is 0 Å². The lowest BCUT2D eigenvalue weighted by molar-refractivity contribution is -0.0127. The smallest absolute Gasteiger partial charge is 0.221 e. The summed E-state index contributed by atoms with van der Waals surface area (Å²) in [5.41, 5.74) is 0. The quantitative estimate of drug-likeness (QED) is 0.540. The minimum absolute atomic E-state index is 0.964. The summed E-state index contributed by atoms with van der Waals surface area (Å²) in [5.74, 6) is -2.14. The van der Waals surface area contributed by atoms with Crippen LogP contribution in [0.3, 0.4) is 0 Å². The van der Waals surface area contributed by atoms with Crippen molar-refractivity contribution in [3.05, 3.63) is 0 Å². The van der Waals surface area contributed by atoms with Gasteiger partial charge in [-0.15, -0.1) is 0 Å². The Morgan fingerprint density at radius 1 is 1.42 bits per heavy atom. The van der Waals surface area contributed by atoms with Gasteiger partial charge in [0, 0.05) is 6.92 Å². The van der Waals surface area contributed by atoms with E-state index in [9.17, 15) is 12.6 Å². The molecule has 2 unspecified atom stereocenters. The Bertz CT molecular complexity index is 406. The molecule has 0 bridgehead atoms. The maximum atomic E-state index is 10.8. The van der Waals surface area contributed by atoms with Gasteiger partial charge < -0.3 is 0 Å². The van der Waals surface area contributed by atoms with E-state index in [-0.39, 0.29) is 0 Å². The Morgan fingerprint density at radius 3 is 2.08 bits per heavy atom. The van der Waals surface area contributed by atoms with Crippen LogP contribution >= 0.6 is 0 Å². The van der Waals surface area contributed by atoms with Crippen molar-refractivity contribution in [2.24, 2.45) is 0 Å². The maximum Gasteiger partial charge on any atom is 0.385 e. The van der Waals surface area contributed by atoms with Gasteiger partial charge in [-0.25, -0.2) is 17.4 Å². The van der Waals surface area contributed by atoms with Gasteiger partial charge in [-0.05, 0) is 0 Å². The minimum atomic E-state index is -4.59. The average molecular weight is 212 g/mol. The van der Waals surface area contributed by atoms with Crippen molar-refractivity contribution in [1.29, 1.82) is 10.0 Å². The molecule has 0 aromatic rings. The highest BCUT2D eigenvalue weighted by molar-refractivity contribution is 8.64. The lowest BCUT2D eigenvalue weighted by Gasteiger charge is -2.05. The predicted molar refractivity (Wildman–Crippen MR) is 36.0 cm³/mol. The summed E-state index contributed by atoms with van der Waals surface area (Å²) in [4.78, 5) is 0. The zero-order valence-corrected chi connectivity index (χ0v) is 7.44. The molecule has 1 rings (SSSR count). The van der Waals surface area contributed by atoms with Crippen molar-refractivity contribution in [2.45, 2.75) is 12.7 Å². The summed E-state index contributed by atoms with van der Waals surface area (Å²) in [5, 5.41) is 8.32. The number of hydrogen-bond acceptors (Lipinski definition) is 7. The van der Waals surface area contributed by atoms with E-state index in [1.165, 1.54) is 6.07 Å². The Labute approximate surface area is 68.6 Å². The van der Waals surface area contributed by atoms with Crippen molar-refractivity contribution in [2.75, 3.05) is 0 Å². The molecule has 12 heavy (non-hydrogen) atoms. The van der Waals surface area contributed by atoms with Gasteiger partial charge in [0.2, 0.25) is 0 Å². The van der Waals surface area contributed by atoms with Crippen LogP contribution in [0.5, 0.6) is 0 Å². The first-order chi connectivity index (χ1) is 5.22. The Hall–Kier alpha value is -0.690. The van der Waals surface area contributed by atoms with Gasteiger partial charge in [-0.3, -0.25) is 0 Å². The highest BCUT2D eigenvalue weighted by Crippen LogP contribution is 2.31. The molecule has 0 spiro atoms. The average Bonchev–Trinajstić information content (AvgIpc) is 1.99. The van der Waals surface area contributed by atoms with Crippen LogP contribution < -0.4 is 0 Å². The molecule has 0 aromatic heterocycles. The van der Waals surface area contributed by atoms with Gasteiger partial charge in [0.05, 0.1) is 0 Å². The molecule has 0 radical (unpaired) electrons. The predicted octanol–water partition coefficient (Wildman–Crippen LogP) is -0.520. The lowest BCUT2D eigenvalue weighted by atomic mass is 10.4. The van der Waals surface area contributed by atoms with Gasteiger partial charge >= 0.3 is 9.15 Å². The maximum absolute atomic E-state index is 10.8. The van der Waals surface area contributed by atoms with E-state index >= 15 is 0 Å². The molecule has 0 aliphatic carbocycles. The molecule has 1 N–H and O–H groups in total. The summed E-state index contributed by atoms with van der Waals surface area (Å²) in [7, 11) is -8.91.